The van der Waals surface area contributed by atoms with Gasteiger partial charge in [0.15, 0.2) is 0 Å². The highest BCUT2D eigenvalue weighted by Gasteiger charge is 2.27. The molecule has 0 fully saturated rings. The summed E-state index contributed by atoms with van der Waals surface area (Å²) in [6.45, 7) is 1.83. The number of hydrogen-bond donors (Lipinski definition) is 1. The maximum Gasteiger partial charge on any atom is 0.311 e. The second-order valence-corrected chi connectivity index (χ2v) is 4.92. The summed E-state index contributed by atoms with van der Waals surface area (Å²) in [5.41, 5.74) is 0.638. The molecular weight excluding hydrogens is 307 g/mol. The number of rotatable bonds is 4. The molecule has 5 heteroatoms. The van der Waals surface area contributed by atoms with E-state index in [4.69, 9.17) is 11.6 Å². The third kappa shape index (κ3) is 3.44. The topological polar surface area (TPSA) is 46.5 Å². The van der Waals surface area contributed by atoms with Crippen molar-refractivity contribution in [2.75, 3.05) is 7.11 Å². The summed E-state index contributed by atoms with van der Waals surface area (Å²) in [7, 11) is 1.31. The molecule has 1 rings (SSSR count). The molecule has 17 heavy (non-hydrogen) atoms. The van der Waals surface area contributed by atoms with E-state index < -0.39 is 18.0 Å². The number of ether oxygens (including phenoxy) is 1. The summed E-state index contributed by atoms with van der Waals surface area (Å²) >= 11 is 9.15. The van der Waals surface area contributed by atoms with Gasteiger partial charge in [-0.3, -0.25) is 4.79 Å². The maximum absolute atomic E-state index is 11.5. The zero-order chi connectivity index (χ0) is 13.0. The van der Waals surface area contributed by atoms with Crippen LogP contribution in [-0.2, 0) is 9.53 Å². The van der Waals surface area contributed by atoms with Gasteiger partial charge in [0, 0.05) is 4.47 Å². The van der Waals surface area contributed by atoms with Crippen LogP contribution in [0, 0.1) is 5.92 Å². The Morgan fingerprint density at radius 1 is 1.59 bits per heavy atom. The molecule has 94 valence electrons. The summed E-state index contributed by atoms with van der Waals surface area (Å²) in [4.78, 5) is 11.5. The lowest BCUT2D eigenvalue weighted by Crippen LogP contribution is -2.23. The normalized spacial score (nSPS) is 14.2. The lowest BCUT2D eigenvalue weighted by molar-refractivity contribution is -0.149. The first-order valence-corrected chi connectivity index (χ1v) is 6.39. The molecular formula is C12H14BrClO3. The number of methoxy groups -OCH3 is 1. The molecule has 0 saturated carbocycles. The van der Waals surface area contributed by atoms with Gasteiger partial charge in [-0.1, -0.05) is 24.6 Å². The van der Waals surface area contributed by atoms with Gasteiger partial charge in [-0.15, -0.1) is 0 Å². The first-order valence-electron chi connectivity index (χ1n) is 5.22. The van der Waals surface area contributed by atoms with Crippen molar-refractivity contribution in [2.24, 2.45) is 5.92 Å². The van der Waals surface area contributed by atoms with Gasteiger partial charge in [0.1, 0.15) is 0 Å². The highest BCUT2D eigenvalue weighted by Crippen LogP contribution is 2.30. The van der Waals surface area contributed by atoms with Gasteiger partial charge < -0.3 is 9.84 Å². The highest BCUT2D eigenvalue weighted by atomic mass is 79.9. The summed E-state index contributed by atoms with van der Waals surface area (Å²) in [6, 6.07) is 5.08. The van der Waals surface area contributed by atoms with Crippen LogP contribution in [0.3, 0.4) is 0 Å². The molecule has 3 nitrogen and oxygen atoms in total. The first-order chi connectivity index (χ1) is 8.01. The Labute approximate surface area is 114 Å². The first kappa shape index (κ1) is 14.5. The Bertz CT molecular complexity index is 409. The predicted molar refractivity (Wildman–Crippen MR) is 69.9 cm³/mol. The minimum atomic E-state index is -0.888. The number of carbonyl (C=O) groups excluding carboxylic acids is 1. The van der Waals surface area contributed by atoms with Crippen LogP contribution in [0.4, 0.5) is 0 Å². The molecule has 0 saturated heterocycles. The van der Waals surface area contributed by atoms with Crippen LogP contribution in [0.25, 0.3) is 0 Å². The lowest BCUT2D eigenvalue weighted by Gasteiger charge is -2.19. The fourth-order valence-corrected chi connectivity index (χ4v) is 2.11. The number of aliphatic hydroxyl groups excluding tert-OH is 1. The smallest absolute Gasteiger partial charge is 0.311 e. The Morgan fingerprint density at radius 2 is 2.24 bits per heavy atom. The van der Waals surface area contributed by atoms with E-state index in [0.717, 1.165) is 0 Å². The Hall–Kier alpha value is -0.580. The van der Waals surface area contributed by atoms with E-state index in [2.05, 4.69) is 20.7 Å². The fourth-order valence-electron chi connectivity index (χ4n) is 1.60. The fraction of sp³-hybridized carbons (Fsp3) is 0.417. The van der Waals surface area contributed by atoms with E-state index in [9.17, 15) is 9.90 Å². The SMILES string of the molecule is CCC(C(=O)OC)C(O)c1ccc(Cl)c(Br)c1. The second kappa shape index (κ2) is 6.38. The Kier molecular flexibility index (Phi) is 5.43. The lowest BCUT2D eigenvalue weighted by atomic mass is 9.93. The molecule has 0 radical (unpaired) electrons. The van der Waals surface area contributed by atoms with Gasteiger partial charge in [-0.05, 0) is 40.0 Å². The average molecular weight is 322 g/mol. The van der Waals surface area contributed by atoms with E-state index in [1.54, 1.807) is 18.2 Å². The van der Waals surface area contributed by atoms with Gasteiger partial charge in [-0.2, -0.15) is 0 Å². The molecule has 1 aromatic carbocycles. The number of aliphatic hydroxyl groups is 1. The molecule has 0 aliphatic heterocycles. The largest absolute Gasteiger partial charge is 0.469 e. The molecule has 2 unspecified atom stereocenters. The molecule has 0 aliphatic carbocycles. The van der Waals surface area contributed by atoms with E-state index in [1.165, 1.54) is 7.11 Å². The van der Waals surface area contributed by atoms with E-state index >= 15 is 0 Å². The van der Waals surface area contributed by atoms with Crippen LogP contribution < -0.4 is 0 Å². The van der Waals surface area contributed by atoms with E-state index in [1.807, 2.05) is 6.92 Å². The standard InChI is InChI=1S/C12H14BrClO3/c1-3-8(12(16)17-2)11(15)7-4-5-10(14)9(13)6-7/h4-6,8,11,15H,3H2,1-2H3. The zero-order valence-electron chi connectivity index (χ0n) is 9.61. The second-order valence-electron chi connectivity index (χ2n) is 3.66. The summed E-state index contributed by atoms with van der Waals surface area (Å²) in [5.74, 6) is -0.973. The minimum Gasteiger partial charge on any atom is -0.469 e. The van der Waals surface area contributed by atoms with Crippen molar-refractivity contribution >= 4 is 33.5 Å². The molecule has 1 aromatic rings. The number of benzene rings is 1. The van der Waals surface area contributed by atoms with E-state index in [-0.39, 0.29) is 0 Å². The van der Waals surface area contributed by atoms with Gasteiger partial charge in [0.05, 0.1) is 24.2 Å². The summed E-state index contributed by atoms with van der Waals surface area (Å²) in [6.07, 6.45) is -0.380. The number of esters is 1. The predicted octanol–water partition coefficient (Wildman–Crippen LogP) is 3.34. The average Bonchev–Trinajstić information content (AvgIpc) is 2.33. The number of hydrogen-bond acceptors (Lipinski definition) is 3. The molecule has 0 aliphatic rings. The monoisotopic (exact) mass is 320 g/mol. The zero-order valence-corrected chi connectivity index (χ0v) is 12.0. The van der Waals surface area contributed by atoms with Crippen LogP contribution in [0.5, 0.6) is 0 Å². The van der Waals surface area contributed by atoms with E-state index in [0.29, 0.717) is 21.5 Å². The van der Waals surface area contributed by atoms with Crippen molar-refractivity contribution in [1.82, 2.24) is 0 Å². The van der Waals surface area contributed by atoms with Crippen molar-refractivity contribution in [3.63, 3.8) is 0 Å². The van der Waals surface area contributed by atoms with Crippen LogP contribution in [-0.4, -0.2) is 18.2 Å². The van der Waals surface area contributed by atoms with Gasteiger partial charge in [-0.25, -0.2) is 0 Å². The highest BCUT2D eigenvalue weighted by molar-refractivity contribution is 9.10. The van der Waals surface area contributed by atoms with Crippen LogP contribution in [0.2, 0.25) is 5.02 Å². The minimum absolute atomic E-state index is 0.411. The molecule has 1 N–H and O–H groups in total. The molecule has 0 aromatic heterocycles. The third-order valence-corrected chi connectivity index (χ3v) is 3.82. The summed E-state index contributed by atoms with van der Waals surface area (Å²) in [5, 5.41) is 10.7. The van der Waals surface area contributed by atoms with Crippen LogP contribution >= 0.6 is 27.5 Å². The van der Waals surface area contributed by atoms with Crippen molar-refractivity contribution in [3.05, 3.63) is 33.3 Å². The van der Waals surface area contributed by atoms with Gasteiger partial charge >= 0.3 is 5.97 Å². The molecule has 0 bridgehead atoms. The molecule has 2 atom stereocenters. The molecule has 0 heterocycles. The molecule has 0 spiro atoms. The Balaban J connectivity index is 2.97. The maximum atomic E-state index is 11.5. The number of carbonyl (C=O) groups is 1. The van der Waals surface area contributed by atoms with Crippen molar-refractivity contribution in [3.8, 4) is 0 Å². The van der Waals surface area contributed by atoms with Crippen molar-refractivity contribution in [1.29, 1.82) is 0 Å². The Morgan fingerprint density at radius 3 is 2.71 bits per heavy atom. The molecule has 0 amide bonds. The van der Waals surface area contributed by atoms with Crippen molar-refractivity contribution < 1.29 is 14.6 Å². The van der Waals surface area contributed by atoms with Crippen LogP contribution in [0.15, 0.2) is 22.7 Å². The van der Waals surface area contributed by atoms with Crippen LogP contribution in [0.1, 0.15) is 25.0 Å². The van der Waals surface area contributed by atoms with Gasteiger partial charge in [0.2, 0.25) is 0 Å². The summed E-state index contributed by atoms with van der Waals surface area (Å²) < 4.78 is 5.35. The van der Waals surface area contributed by atoms with Crippen molar-refractivity contribution in [2.45, 2.75) is 19.4 Å². The third-order valence-electron chi connectivity index (χ3n) is 2.61. The number of halogens is 2. The van der Waals surface area contributed by atoms with Gasteiger partial charge in [0.25, 0.3) is 0 Å². The quantitative estimate of drug-likeness (QED) is 0.865.